The zero-order valence-corrected chi connectivity index (χ0v) is 16.0. The number of urea groups is 1. The Morgan fingerprint density at radius 2 is 2.08 bits per heavy atom. The van der Waals surface area contributed by atoms with Crippen molar-refractivity contribution in [3.63, 3.8) is 0 Å². The maximum atomic E-state index is 12.5. The van der Waals surface area contributed by atoms with E-state index >= 15 is 0 Å². The van der Waals surface area contributed by atoms with E-state index in [1.165, 1.54) is 4.90 Å². The van der Waals surface area contributed by atoms with E-state index in [1.54, 1.807) is 37.2 Å². The Balaban J connectivity index is 1.99. The smallest absolute Gasteiger partial charge is 0.319 e. The van der Waals surface area contributed by atoms with Crippen molar-refractivity contribution in [2.24, 2.45) is 5.92 Å². The standard InChI is InChI=1S/C18H26ClN3O3/c1-12(2)25-16-8-7-14(10-15(16)19)20-17(23)13-6-5-9-22(11-13)18(24)21(3)4/h7-8,10,12-13H,5-6,9,11H2,1-4H3,(H,20,23). The highest BCUT2D eigenvalue weighted by Gasteiger charge is 2.29. The van der Waals surface area contributed by atoms with Crippen molar-refractivity contribution in [1.82, 2.24) is 9.80 Å². The lowest BCUT2D eigenvalue weighted by Crippen LogP contribution is -2.47. The van der Waals surface area contributed by atoms with Crippen LogP contribution in [0.25, 0.3) is 0 Å². The van der Waals surface area contributed by atoms with Crippen LogP contribution in [0.15, 0.2) is 18.2 Å². The number of carbonyl (C=O) groups is 2. The van der Waals surface area contributed by atoms with Gasteiger partial charge < -0.3 is 19.9 Å². The summed E-state index contributed by atoms with van der Waals surface area (Å²) in [7, 11) is 3.43. The van der Waals surface area contributed by atoms with Crippen molar-refractivity contribution < 1.29 is 14.3 Å². The number of carbonyl (C=O) groups excluding carboxylic acids is 2. The van der Waals surface area contributed by atoms with Gasteiger partial charge in [-0.05, 0) is 44.9 Å². The highest BCUT2D eigenvalue weighted by atomic mass is 35.5. The molecule has 1 aliphatic rings. The molecule has 25 heavy (non-hydrogen) atoms. The molecule has 1 aliphatic heterocycles. The third kappa shape index (κ3) is 5.26. The molecule has 2 rings (SSSR count). The molecule has 1 heterocycles. The molecule has 0 aromatic heterocycles. The Morgan fingerprint density at radius 3 is 2.68 bits per heavy atom. The van der Waals surface area contributed by atoms with Crippen molar-refractivity contribution in [1.29, 1.82) is 0 Å². The number of rotatable bonds is 4. The molecule has 7 heteroatoms. The van der Waals surface area contributed by atoms with Gasteiger partial charge in [0.15, 0.2) is 0 Å². The molecule has 1 unspecified atom stereocenters. The second kappa shape index (κ2) is 8.43. The van der Waals surface area contributed by atoms with Crippen LogP contribution < -0.4 is 10.1 Å². The zero-order valence-electron chi connectivity index (χ0n) is 15.2. The van der Waals surface area contributed by atoms with Gasteiger partial charge in [0, 0.05) is 32.9 Å². The summed E-state index contributed by atoms with van der Waals surface area (Å²) in [6, 6.07) is 5.15. The molecule has 1 saturated heterocycles. The van der Waals surface area contributed by atoms with E-state index in [2.05, 4.69) is 5.32 Å². The predicted octanol–water partition coefficient (Wildman–Crippen LogP) is 3.46. The van der Waals surface area contributed by atoms with E-state index < -0.39 is 0 Å². The third-order valence-corrected chi connectivity index (χ3v) is 4.30. The maximum absolute atomic E-state index is 12.5. The highest BCUT2D eigenvalue weighted by molar-refractivity contribution is 6.32. The van der Waals surface area contributed by atoms with E-state index in [0.29, 0.717) is 29.5 Å². The summed E-state index contributed by atoms with van der Waals surface area (Å²) in [5, 5.41) is 3.35. The number of amides is 3. The fourth-order valence-corrected chi connectivity index (χ4v) is 3.05. The van der Waals surface area contributed by atoms with Gasteiger partial charge in [0.05, 0.1) is 17.0 Å². The molecule has 0 radical (unpaired) electrons. The number of piperidine rings is 1. The first-order valence-electron chi connectivity index (χ1n) is 8.51. The average molecular weight is 368 g/mol. The fraction of sp³-hybridized carbons (Fsp3) is 0.556. The SMILES string of the molecule is CC(C)Oc1ccc(NC(=O)C2CCCN(C(=O)N(C)C)C2)cc1Cl. The molecule has 0 aliphatic carbocycles. The van der Waals surface area contributed by atoms with Gasteiger partial charge in [0.25, 0.3) is 0 Å². The molecule has 138 valence electrons. The Kier molecular flexibility index (Phi) is 6.53. The zero-order chi connectivity index (χ0) is 18.6. The van der Waals surface area contributed by atoms with Gasteiger partial charge in [-0.3, -0.25) is 4.79 Å². The summed E-state index contributed by atoms with van der Waals surface area (Å²) in [5.74, 6) is 0.281. The van der Waals surface area contributed by atoms with Crippen LogP contribution in [0.4, 0.5) is 10.5 Å². The molecule has 1 aromatic rings. The van der Waals surface area contributed by atoms with E-state index in [4.69, 9.17) is 16.3 Å². The summed E-state index contributed by atoms with van der Waals surface area (Å²) in [6.07, 6.45) is 1.62. The van der Waals surface area contributed by atoms with Crippen LogP contribution in [0, 0.1) is 5.92 Å². The lowest BCUT2D eigenvalue weighted by atomic mass is 9.97. The average Bonchev–Trinajstić information content (AvgIpc) is 2.56. The number of nitrogens with zero attached hydrogens (tertiary/aromatic N) is 2. The Bertz CT molecular complexity index is 634. The molecule has 3 amide bonds. The lowest BCUT2D eigenvalue weighted by molar-refractivity contribution is -0.121. The third-order valence-electron chi connectivity index (χ3n) is 4.01. The minimum atomic E-state index is -0.219. The van der Waals surface area contributed by atoms with Gasteiger partial charge in [-0.1, -0.05) is 11.6 Å². The minimum Gasteiger partial charge on any atom is -0.489 e. The highest BCUT2D eigenvalue weighted by Crippen LogP contribution is 2.29. The summed E-state index contributed by atoms with van der Waals surface area (Å²) in [6.45, 7) is 4.98. The van der Waals surface area contributed by atoms with Gasteiger partial charge in [0.2, 0.25) is 5.91 Å². The monoisotopic (exact) mass is 367 g/mol. The molecule has 1 atom stereocenters. The molecular weight excluding hydrogens is 342 g/mol. The van der Waals surface area contributed by atoms with Crippen LogP contribution in [-0.2, 0) is 4.79 Å². The van der Waals surface area contributed by atoms with Crippen LogP contribution in [0.3, 0.4) is 0 Å². The van der Waals surface area contributed by atoms with Crippen molar-refractivity contribution in [3.05, 3.63) is 23.2 Å². The van der Waals surface area contributed by atoms with Crippen molar-refractivity contribution in [3.8, 4) is 5.75 Å². The quantitative estimate of drug-likeness (QED) is 0.886. The first-order valence-corrected chi connectivity index (χ1v) is 8.89. The van der Waals surface area contributed by atoms with E-state index in [-0.39, 0.29) is 24.0 Å². The summed E-state index contributed by atoms with van der Waals surface area (Å²) < 4.78 is 5.59. The second-order valence-electron chi connectivity index (χ2n) is 6.76. The van der Waals surface area contributed by atoms with Gasteiger partial charge in [-0.15, -0.1) is 0 Å². The maximum Gasteiger partial charge on any atom is 0.319 e. The number of likely N-dealkylation sites (tertiary alicyclic amines) is 1. The molecule has 0 bridgehead atoms. The lowest BCUT2D eigenvalue weighted by Gasteiger charge is -2.33. The molecule has 0 saturated carbocycles. The minimum absolute atomic E-state index is 0.0281. The molecule has 1 aromatic carbocycles. The Labute approximate surface area is 154 Å². The van der Waals surface area contributed by atoms with E-state index in [0.717, 1.165) is 12.8 Å². The molecule has 1 fully saturated rings. The van der Waals surface area contributed by atoms with Gasteiger partial charge in [-0.2, -0.15) is 0 Å². The van der Waals surface area contributed by atoms with Gasteiger partial charge >= 0.3 is 6.03 Å². The number of halogens is 1. The van der Waals surface area contributed by atoms with Gasteiger partial charge in [-0.25, -0.2) is 4.79 Å². The van der Waals surface area contributed by atoms with Crippen LogP contribution in [-0.4, -0.2) is 55.0 Å². The van der Waals surface area contributed by atoms with Crippen LogP contribution in [0.5, 0.6) is 5.75 Å². The number of anilines is 1. The fourth-order valence-electron chi connectivity index (χ4n) is 2.82. The Morgan fingerprint density at radius 1 is 1.36 bits per heavy atom. The summed E-state index contributed by atoms with van der Waals surface area (Å²) in [4.78, 5) is 27.9. The van der Waals surface area contributed by atoms with Crippen LogP contribution in [0.2, 0.25) is 5.02 Å². The number of benzene rings is 1. The normalized spacial score (nSPS) is 17.4. The summed E-state index contributed by atoms with van der Waals surface area (Å²) in [5.41, 5.74) is 0.627. The van der Waals surface area contributed by atoms with Gasteiger partial charge in [0.1, 0.15) is 5.75 Å². The van der Waals surface area contributed by atoms with Crippen molar-refractivity contribution >= 4 is 29.2 Å². The topological polar surface area (TPSA) is 61.9 Å². The first-order chi connectivity index (χ1) is 11.8. The van der Waals surface area contributed by atoms with Crippen molar-refractivity contribution in [2.45, 2.75) is 32.8 Å². The molecular formula is C18H26ClN3O3. The molecule has 0 spiro atoms. The largest absolute Gasteiger partial charge is 0.489 e. The summed E-state index contributed by atoms with van der Waals surface area (Å²) >= 11 is 6.21. The molecule has 1 N–H and O–H groups in total. The second-order valence-corrected chi connectivity index (χ2v) is 7.17. The number of hydrogen-bond donors (Lipinski definition) is 1. The number of ether oxygens (including phenoxy) is 1. The predicted molar refractivity (Wildman–Crippen MR) is 99.2 cm³/mol. The number of hydrogen-bond acceptors (Lipinski definition) is 3. The van der Waals surface area contributed by atoms with E-state index in [1.807, 2.05) is 13.8 Å². The molecule has 6 nitrogen and oxygen atoms in total. The number of nitrogens with one attached hydrogen (secondary N) is 1. The van der Waals surface area contributed by atoms with Crippen LogP contribution >= 0.6 is 11.6 Å². The Hall–Kier alpha value is -1.95. The van der Waals surface area contributed by atoms with Crippen molar-refractivity contribution in [2.75, 3.05) is 32.5 Å². The van der Waals surface area contributed by atoms with E-state index in [9.17, 15) is 9.59 Å². The first kappa shape index (κ1) is 19.4. The van der Waals surface area contributed by atoms with Crippen LogP contribution in [0.1, 0.15) is 26.7 Å².